The number of thioether (sulfide) groups is 2. The Morgan fingerprint density at radius 3 is 2.47 bits per heavy atom. The molecule has 0 aliphatic rings. The molecule has 0 aliphatic heterocycles. The van der Waals surface area contributed by atoms with Crippen LogP contribution in [-0.4, -0.2) is 25.9 Å². The maximum absolute atomic E-state index is 13.0. The van der Waals surface area contributed by atoms with Crippen LogP contribution in [0.25, 0.3) is 0 Å². The number of anilines is 1. The van der Waals surface area contributed by atoms with E-state index >= 15 is 0 Å². The average molecular weight is 529 g/mol. The maximum atomic E-state index is 13.0. The summed E-state index contributed by atoms with van der Waals surface area (Å²) in [4.78, 5) is 14.0. The molecule has 1 atom stereocenters. The van der Waals surface area contributed by atoms with Crippen LogP contribution in [0.5, 0.6) is 0 Å². The summed E-state index contributed by atoms with van der Waals surface area (Å²) in [6, 6.07) is 11.1. The number of hydrogen-bond acceptors (Lipinski definition) is 5. The molecule has 1 heterocycles. The van der Waals surface area contributed by atoms with E-state index in [0.29, 0.717) is 23.9 Å². The molecule has 182 valence electrons. The minimum absolute atomic E-state index is 0.0355. The van der Waals surface area contributed by atoms with Crippen molar-refractivity contribution in [3.8, 4) is 0 Å². The van der Waals surface area contributed by atoms with Gasteiger partial charge in [0.2, 0.25) is 5.91 Å². The molecule has 0 bridgehead atoms. The number of hydrogen-bond donors (Lipinski definition) is 1. The van der Waals surface area contributed by atoms with E-state index in [4.69, 9.17) is 11.6 Å². The predicted octanol–water partition coefficient (Wildman–Crippen LogP) is 7.08. The van der Waals surface area contributed by atoms with Gasteiger partial charge in [-0.3, -0.25) is 4.79 Å². The molecule has 1 amide bonds. The highest BCUT2D eigenvalue weighted by Gasteiger charge is 2.31. The first-order chi connectivity index (χ1) is 16.1. The Balaban J connectivity index is 1.71. The normalized spacial score (nSPS) is 12.6. The van der Waals surface area contributed by atoms with Crippen LogP contribution in [-0.2, 0) is 23.3 Å². The lowest BCUT2D eigenvalue weighted by molar-refractivity contribution is -0.137. The van der Waals surface area contributed by atoms with Crippen LogP contribution in [0.1, 0.15) is 37.2 Å². The Kier molecular flexibility index (Phi) is 8.95. The van der Waals surface area contributed by atoms with Gasteiger partial charge in [-0.15, -0.1) is 22.0 Å². The fourth-order valence-corrected chi connectivity index (χ4v) is 5.11. The third kappa shape index (κ3) is 6.70. The summed E-state index contributed by atoms with van der Waals surface area (Å²) < 4.78 is 41.1. The molecule has 5 nitrogen and oxygen atoms in total. The summed E-state index contributed by atoms with van der Waals surface area (Å²) in [6.07, 6.45) is -4.09. The molecule has 0 fully saturated rings. The van der Waals surface area contributed by atoms with Crippen LogP contribution in [0.15, 0.2) is 52.5 Å². The molecule has 0 aliphatic carbocycles. The minimum atomic E-state index is -4.53. The summed E-state index contributed by atoms with van der Waals surface area (Å²) in [6.45, 7) is 6.45. The number of rotatable bonds is 9. The van der Waals surface area contributed by atoms with Crippen molar-refractivity contribution in [2.24, 2.45) is 0 Å². The van der Waals surface area contributed by atoms with Gasteiger partial charge in [-0.2, -0.15) is 13.2 Å². The second-order valence-electron chi connectivity index (χ2n) is 7.44. The van der Waals surface area contributed by atoms with E-state index in [2.05, 4.69) is 39.8 Å². The van der Waals surface area contributed by atoms with Gasteiger partial charge < -0.3 is 9.88 Å². The summed E-state index contributed by atoms with van der Waals surface area (Å²) in [7, 11) is 0. The Hall–Kier alpha value is -2.17. The third-order valence-corrected chi connectivity index (χ3v) is 7.64. The molecular weight excluding hydrogens is 505 g/mol. The summed E-state index contributed by atoms with van der Waals surface area (Å²) in [5.41, 5.74) is 0.233. The molecule has 0 saturated carbocycles. The Labute approximate surface area is 209 Å². The van der Waals surface area contributed by atoms with Crippen molar-refractivity contribution < 1.29 is 18.0 Å². The first-order valence-electron chi connectivity index (χ1n) is 10.6. The molecule has 3 aromatic rings. The van der Waals surface area contributed by atoms with Crippen LogP contribution in [0.4, 0.5) is 18.9 Å². The SMILES string of the molecule is CCC(Sc1nnc(CSc2ccc(C)cc2)n1CC)C(=O)Nc1cc(C(F)(F)F)ccc1Cl. The third-order valence-electron chi connectivity index (χ3n) is 4.96. The lowest BCUT2D eigenvalue weighted by Crippen LogP contribution is -2.25. The molecule has 0 spiro atoms. The number of benzene rings is 2. The number of nitrogens with one attached hydrogen (secondary N) is 1. The standard InChI is InChI=1S/C23H24ClF3N4OS2/c1-4-19(21(32)28-18-12-15(23(25,26)27)8-11-17(18)24)34-22-30-29-20(31(22)5-2)13-33-16-9-6-14(3)7-10-16/h6-12,19H,4-5,13H2,1-3H3,(H,28,32). The smallest absolute Gasteiger partial charge is 0.324 e. The summed E-state index contributed by atoms with van der Waals surface area (Å²) in [5, 5.41) is 11.1. The van der Waals surface area contributed by atoms with Crippen molar-refractivity contribution in [3.05, 3.63) is 64.4 Å². The van der Waals surface area contributed by atoms with E-state index in [9.17, 15) is 18.0 Å². The molecule has 1 aromatic heterocycles. The van der Waals surface area contributed by atoms with E-state index in [-0.39, 0.29) is 10.7 Å². The van der Waals surface area contributed by atoms with Crippen LogP contribution in [0.2, 0.25) is 5.02 Å². The van der Waals surface area contributed by atoms with E-state index in [0.717, 1.165) is 28.9 Å². The fourth-order valence-electron chi connectivity index (χ4n) is 3.07. The molecular formula is C23H24ClF3N4OS2. The second kappa shape index (κ2) is 11.5. The highest BCUT2D eigenvalue weighted by molar-refractivity contribution is 8.00. The number of halogens is 4. The van der Waals surface area contributed by atoms with Gasteiger partial charge in [0, 0.05) is 11.4 Å². The molecule has 2 aromatic carbocycles. The van der Waals surface area contributed by atoms with E-state index in [1.54, 1.807) is 11.8 Å². The number of nitrogens with zero attached hydrogens (tertiary/aromatic N) is 3. The van der Waals surface area contributed by atoms with Gasteiger partial charge in [0.05, 0.1) is 27.3 Å². The van der Waals surface area contributed by atoms with Crippen molar-refractivity contribution in [3.63, 3.8) is 0 Å². The molecule has 0 saturated heterocycles. The second-order valence-corrected chi connectivity index (χ2v) is 10.1. The Bertz CT molecular complexity index is 1140. The Morgan fingerprint density at radius 1 is 1.15 bits per heavy atom. The largest absolute Gasteiger partial charge is 0.416 e. The molecule has 11 heteroatoms. The van der Waals surface area contributed by atoms with E-state index in [1.807, 2.05) is 25.3 Å². The lowest BCUT2D eigenvalue weighted by Gasteiger charge is -2.16. The average Bonchev–Trinajstić information content (AvgIpc) is 3.19. The number of amides is 1. The van der Waals surface area contributed by atoms with Crippen molar-refractivity contribution in [1.29, 1.82) is 0 Å². The van der Waals surface area contributed by atoms with E-state index in [1.165, 1.54) is 17.3 Å². The quantitative estimate of drug-likeness (QED) is 0.301. The highest BCUT2D eigenvalue weighted by Crippen LogP contribution is 2.35. The van der Waals surface area contributed by atoms with Gasteiger partial charge in [0.25, 0.3) is 0 Å². The van der Waals surface area contributed by atoms with E-state index < -0.39 is 22.9 Å². The zero-order chi connectivity index (χ0) is 24.9. The monoisotopic (exact) mass is 528 g/mol. The number of carbonyl (C=O) groups is 1. The molecule has 3 rings (SSSR count). The van der Waals surface area contributed by atoms with Gasteiger partial charge in [-0.05, 0) is 50.6 Å². The van der Waals surface area contributed by atoms with Crippen molar-refractivity contribution in [2.45, 2.75) is 61.0 Å². The molecule has 1 N–H and O–H groups in total. The topological polar surface area (TPSA) is 59.8 Å². The number of aryl methyl sites for hydroxylation is 1. The van der Waals surface area contributed by atoms with Gasteiger partial charge in [0.15, 0.2) is 5.16 Å². The molecule has 0 radical (unpaired) electrons. The van der Waals surface area contributed by atoms with Crippen molar-refractivity contribution >= 4 is 46.7 Å². The zero-order valence-corrected chi connectivity index (χ0v) is 21.2. The van der Waals surface area contributed by atoms with Crippen LogP contribution < -0.4 is 5.32 Å². The molecule has 1 unspecified atom stereocenters. The zero-order valence-electron chi connectivity index (χ0n) is 18.8. The molecule has 34 heavy (non-hydrogen) atoms. The summed E-state index contributed by atoms with van der Waals surface area (Å²) >= 11 is 8.90. The minimum Gasteiger partial charge on any atom is -0.324 e. The number of aromatic nitrogens is 3. The number of carbonyl (C=O) groups excluding carboxylic acids is 1. The van der Waals surface area contributed by atoms with Crippen LogP contribution in [0.3, 0.4) is 0 Å². The van der Waals surface area contributed by atoms with Gasteiger partial charge in [-0.25, -0.2) is 0 Å². The highest BCUT2D eigenvalue weighted by atomic mass is 35.5. The van der Waals surface area contributed by atoms with Crippen LogP contribution >= 0.6 is 35.1 Å². The van der Waals surface area contributed by atoms with Crippen molar-refractivity contribution in [2.75, 3.05) is 5.32 Å². The van der Waals surface area contributed by atoms with Crippen molar-refractivity contribution in [1.82, 2.24) is 14.8 Å². The predicted molar refractivity (Wildman–Crippen MR) is 131 cm³/mol. The number of alkyl halides is 3. The maximum Gasteiger partial charge on any atom is 0.416 e. The van der Waals surface area contributed by atoms with Gasteiger partial charge in [0.1, 0.15) is 5.82 Å². The Morgan fingerprint density at radius 2 is 1.85 bits per heavy atom. The fraction of sp³-hybridized carbons (Fsp3) is 0.348. The van der Waals surface area contributed by atoms with Gasteiger partial charge >= 0.3 is 6.18 Å². The van der Waals surface area contributed by atoms with Crippen LogP contribution in [0, 0.1) is 6.92 Å². The first kappa shape index (κ1) is 26.4. The first-order valence-corrected chi connectivity index (χ1v) is 12.8. The van der Waals surface area contributed by atoms with Gasteiger partial charge in [-0.1, -0.05) is 48.0 Å². The lowest BCUT2D eigenvalue weighted by atomic mass is 10.2. The summed E-state index contributed by atoms with van der Waals surface area (Å²) in [5.74, 6) is 0.953.